The largest absolute Gasteiger partial charge is 0.345 e. The van der Waals surface area contributed by atoms with Gasteiger partial charge < -0.3 is 10.6 Å². The van der Waals surface area contributed by atoms with Gasteiger partial charge in [-0.15, -0.1) is 0 Å². The molecule has 28 heavy (non-hydrogen) atoms. The Balaban J connectivity index is 1.36. The third-order valence-electron chi connectivity index (χ3n) is 4.72. The first-order valence-electron chi connectivity index (χ1n) is 9.28. The molecule has 142 valence electrons. The summed E-state index contributed by atoms with van der Waals surface area (Å²) < 4.78 is 1.63. The molecular weight excluding hydrogens is 354 g/mol. The Morgan fingerprint density at radius 2 is 1.93 bits per heavy atom. The molecular formula is C21H21N5O2. The van der Waals surface area contributed by atoms with Gasteiger partial charge in [0, 0.05) is 30.2 Å². The van der Waals surface area contributed by atoms with Gasteiger partial charge in [-0.25, -0.2) is 9.67 Å². The smallest absolute Gasteiger partial charge is 0.253 e. The van der Waals surface area contributed by atoms with Crippen molar-refractivity contribution in [1.29, 1.82) is 0 Å². The van der Waals surface area contributed by atoms with Crippen molar-refractivity contribution in [2.75, 3.05) is 5.32 Å². The summed E-state index contributed by atoms with van der Waals surface area (Å²) in [5.74, 6) is 0.711. The van der Waals surface area contributed by atoms with E-state index in [9.17, 15) is 9.59 Å². The molecule has 0 saturated heterocycles. The van der Waals surface area contributed by atoms with Gasteiger partial charge in [0.05, 0.1) is 11.6 Å². The van der Waals surface area contributed by atoms with Crippen molar-refractivity contribution in [2.45, 2.75) is 25.8 Å². The van der Waals surface area contributed by atoms with E-state index in [-0.39, 0.29) is 23.8 Å². The first-order chi connectivity index (χ1) is 13.6. The molecule has 0 bridgehead atoms. The second kappa shape index (κ2) is 7.64. The maximum atomic E-state index is 12.5. The van der Waals surface area contributed by atoms with Gasteiger partial charge in [0.25, 0.3) is 5.91 Å². The molecule has 2 heterocycles. The highest BCUT2D eigenvalue weighted by Crippen LogP contribution is 2.30. The number of rotatable bonds is 6. The molecule has 1 atom stereocenters. The molecule has 1 aliphatic carbocycles. The number of nitrogens with one attached hydrogen (secondary N) is 2. The van der Waals surface area contributed by atoms with Gasteiger partial charge in [0.15, 0.2) is 5.82 Å². The average Bonchev–Trinajstić information content (AvgIpc) is 3.43. The first kappa shape index (κ1) is 17.9. The lowest BCUT2D eigenvalue weighted by molar-refractivity contribution is -0.117. The summed E-state index contributed by atoms with van der Waals surface area (Å²) in [6.07, 6.45) is 6.96. The lowest BCUT2D eigenvalue weighted by Crippen LogP contribution is -2.26. The number of benzene rings is 1. The number of pyridine rings is 1. The van der Waals surface area contributed by atoms with E-state index in [1.165, 1.54) is 6.20 Å². The summed E-state index contributed by atoms with van der Waals surface area (Å²) in [7, 11) is 0. The maximum Gasteiger partial charge on any atom is 0.253 e. The van der Waals surface area contributed by atoms with Crippen LogP contribution in [0.15, 0.2) is 61.1 Å². The van der Waals surface area contributed by atoms with Crippen molar-refractivity contribution in [3.63, 3.8) is 0 Å². The highest BCUT2D eigenvalue weighted by Gasteiger charge is 2.29. The number of carbonyl (C=O) groups excluding carboxylic acids is 2. The highest BCUT2D eigenvalue weighted by atomic mass is 16.2. The van der Waals surface area contributed by atoms with Crippen LogP contribution in [0.2, 0.25) is 0 Å². The molecule has 0 spiro atoms. The summed E-state index contributed by atoms with van der Waals surface area (Å²) in [6, 6.07) is 12.7. The van der Waals surface area contributed by atoms with Crippen LogP contribution in [0, 0.1) is 5.92 Å². The predicted molar refractivity (Wildman–Crippen MR) is 105 cm³/mol. The van der Waals surface area contributed by atoms with Gasteiger partial charge in [-0.2, -0.15) is 5.10 Å². The van der Waals surface area contributed by atoms with Crippen LogP contribution in [0.25, 0.3) is 5.82 Å². The topological polar surface area (TPSA) is 88.9 Å². The van der Waals surface area contributed by atoms with Gasteiger partial charge >= 0.3 is 0 Å². The van der Waals surface area contributed by atoms with Crippen LogP contribution in [-0.2, 0) is 4.79 Å². The fourth-order valence-electron chi connectivity index (χ4n) is 2.87. The number of aromatic nitrogens is 3. The third-order valence-corrected chi connectivity index (χ3v) is 4.72. The van der Waals surface area contributed by atoms with Gasteiger partial charge in [0.1, 0.15) is 0 Å². The monoisotopic (exact) mass is 375 g/mol. The quantitative estimate of drug-likeness (QED) is 0.693. The summed E-state index contributed by atoms with van der Waals surface area (Å²) in [6.45, 7) is 1.92. The lowest BCUT2D eigenvalue weighted by Gasteiger charge is -2.15. The zero-order valence-electron chi connectivity index (χ0n) is 15.5. The molecule has 1 fully saturated rings. The zero-order chi connectivity index (χ0) is 19.5. The Morgan fingerprint density at radius 1 is 1.14 bits per heavy atom. The summed E-state index contributed by atoms with van der Waals surface area (Å²) in [5.41, 5.74) is 2.22. The Bertz CT molecular complexity index is 961. The first-order valence-corrected chi connectivity index (χ1v) is 9.28. The maximum absolute atomic E-state index is 12.5. The van der Waals surface area contributed by atoms with Gasteiger partial charge in [-0.05, 0) is 55.7 Å². The average molecular weight is 375 g/mol. The minimum Gasteiger partial charge on any atom is -0.345 e. The van der Waals surface area contributed by atoms with E-state index in [0.29, 0.717) is 11.4 Å². The lowest BCUT2D eigenvalue weighted by atomic mass is 10.1. The minimum absolute atomic E-state index is 0.0835. The van der Waals surface area contributed by atoms with Gasteiger partial charge in [0.2, 0.25) is 5.91 Å². The molecule has 1 aliphatic rings. The van der Waals surface area contributed by atoms with Crippen molar-refractivity contribution in [2.24, 2.45) is 5.92 Å². The minimum atomic E-state index is -0.196. The summed E-state index contributed by atoms with van der Waals surface area (Å²) in [4.78, 5) is 28.6. The summed E-state index contributed by atoms with van der Waals surface area (Å²) >= 11 is 0. The van der Waals surface area contributed by atoms with Crippen molar-refractivity contribution < 1.29 is 9.59 Å². The van der Waals surface area contributed by atoms with Crippen LogP contribution < -0.4 is 10.6 Å². The highest BCUT2D eigenvalue weighted by molar-refractivity contribution is 5.94. The number of hydrogen-bond donors (Lipinski definition) is 2. The zero-order valence-corrected chi connectivity index (χ0v) is 15.5. The van der Waals surface area contributed by atoms with Crippen LogP contribution in [-0.4, -0.2) is 26.6 Å². The van der Waals surface area contributed by atoms with Gasteiger partial charge in [-0.1, -0.05) is 12.1 Å². The van der Waals surface area contributed by atoms with Gasteiger partial charge in [-0.3, -0.25) is 9.59 Å². The van der Waals surface area contributed by atoms with Crippen LogP contribution in [0.1, 0.15) is 41.7 Å². The number of anilines is 1. The molecule has 0 aliphatic heterocycles. The van der Waals surface area contributed by atoms with E-state index in [0.717, 1.165) is 24.1 Å². The fraction of sp³-hybridized carbons (Fsp3) is 0.238. The van der Waals surface area contributed by atoms with Crippen LogP contribution >= 0.6 is 0 Å². The van der Waals surface area contributed by atoms with E-state index in [1.54, 1.807) is 29.2 Å². The molecule has 1 aromatic carbocycles. The molecule has 0 radical (unpaired) electrons. The van der Waals surface area contributed by atoms with E-state index in [4.69, 9.17) is 0 Å². The van der Waals surface area contributed by atoms with E-state index < -0.39 is 0 Å². The van der Waals surface area contributed by atoms with Crippen LogP contribution in [0.4, 0.5) is 5.69 Å². The Kier molecular flexibility index (Phi) is 4.89. The van der Waals surface area contributed by atoms with Crippen molar-refractivity contribution in [3.05, 3.63) is 72.2 Å². The number of hydrogen-bond acceptors (Lipinski definition) is 4. The standard InChI is InChI=1S/C21H21N5O2/c1-14(15-5-8-18(9-6-15)25-20(27)16-3-4-16)24-21(28)17-7-10-19(22-13-17)26-12-2-11-23-26/h2,5-14,16H,3-4H2,1H3,(H,24,28)(H,25,27). The molecule has 2 N–H and O–H groups in total. The molecule has 3 aromatic rings. The Hall–Kier alpha value is -3.48. The molecule has 1 unspecified atom stereocenters. The molecule has 7 nitrogen and oxygen atoms in total. The third kappa shape index (κ3) is 4.09. The van der Waals surface area contributed by atoms with Crippen LogP contribution in [0.5, 0.6) is 0 Å². The number of carbonyl (C=O) groups is 2. The van der Waals surface area contributed by atoms with E-state index in [1.807, 2.05) is 37.3 Å². The molecule has 2 aromatic heterocycles. The summed E-state index contributed by atoms with van der Waals surface area (Å²) in [5, 5.41) is 9.99. The predicted octanol–water partition coefficient (Wildman–Crippen LogP) is 3.11. The SMILES string of the molecule is CC(NC(=O)c1ccc(-n2cccn2)nc1)c1ccc(NC(=O)C2CC2)cc1. The second-order valence-corrected chi connectivity index (χ2v) is 6.94. The Morgan fingerprint density at radius 3 is 2.54 bits per heavy atom. The second-order valence-electron chi connectivity index (χ2n) is 6.94. The molecule has 1 saturated carbocycles. The normalized spacial score (nSPS) is 14.3. The van der Waals surface area contributed by atoms with E-state index in [2.05, 4.69) is 20.7 Å². The molecule has 2 amide bonds. The Labute approximate surface area is 162 Å². The molecule has 7 heteroatoms. The van der Waals surface area contributed by atoms with Crippen molar-refractivity contribution in [1.82, 2.24) is 20.1 Å². The van der Waals surface area contributed by atoms with Crippen LogP contribution in [0.3, 0.4) is 0 Å². The van der Waals surface area contributed by atoms with Crippen molar-refractivity contribution in [3.8, 4) is 5.82 Å². The van der Waals surface area contributed by atoms with Crippen molar-refractivity contribution >= 4 is 17.5 Å². The number of amides is 2. The van der Waals surface area contributed by atoms with E-state index >= 15 is 0 Å². The fourth-order valence-corrected chi connectivity index (χ4v) is 2.87. The molecule has 4 rings (SSSR count). The number of nitrogens with zero attached hydrogens (tertiary/aromatic N) is 3.